The van der Waals surface area contributed by atoms with Gasteiger partial charge >= 0.3 is 0 Å². The third-order valence-corrected chi connectivity index (χ3v) is 6.30. The summed E-state index contributed by atoms with van der Waals surface area (Å²) >= 11 is 0. The van der Waals surface area contributed by atoms with Crippen molar-refractivity contribution in [3.63, 3.8) is 0 Å². The lowest BCUT2D eigenvalue weighted by atomic mass is 9.71. The number of likely N-dealkylation sites (tertiary alicyclic amines) is 1. The van der Waals surface area contributed by atoms with E-state index in [1.807, 2.05) is 30.3 Å². The second kappa shape index (κ2) is 8.70. The number of carbonyl (C=O) groups is 2. The van der Waals surface area contributed by atoms with Gasteiger partial charge in [-0.1, -0.05) is 36.9 Å². The van der Waals surface area contributed by atoms with Crippen molar-refractivity contribution in [3.8, 4) is 0 Å². The van der Waals surface area contributed by atoms with Gasteiger partial charge in [-0.15, -0.1) is 0 Å². The molecule has 0 bridgehead atoms. The number of rotatable bonds is 5. The smallest absolute Gasteiger partial charge is 0.245 e. The van der Waals surface area contributed by atoms with Crippen LogP contribution in [0.3, 0.4) is 0 Å². The molecule has 3 rings (SSSR count). The van der Waals surface area contributed by atoms with Crippen LogP contribution in [0, 0.1) is 5.92 Å². The van der Waals surface area contributed by atoms with E-state index in [0.29, 0.717) is 31.8 Å². The molecule has 5 heteroatoms. The lowest BCUT2D eigenvalue weighted by molar-refractivity contribution is -0.134. The summed E-state index contributed by atoms with van der Waals surface area (Å²) in [6.07, 6.45) is 6.34. The van der Waals surface area contributed by atoms with Gasteiger partial charge in [-0.25, -0.2) is 0 Å². The predicted molar refractivity (Wildman–Crippen MR) is 105 cm³/mol. The molecule has 0 radical (unpaired) electrons. The molecule has 5 nitrogen and oxygen atoms in total. The van der Waals surface area contributed by atoms with Crippen molar-refractivity contribution in [2.45, 2.75) is 50.0 Å². The maximum atomic E-state index is 13.4. The van der Waals surface area contributed by atoms with Crippen LogP contribution in [0.5, 0.6) is 0 Å². The number of carbonyl (C=O) groups excluding carboxylic acids is 2. The van der Waals surface area contributed by atoms with Crippen LogP contribution in [0.25, 0.3) is 0 Å². The highest BCUT2D eigenvalue weighted by atomic mass is 16.3. The van der Waals surface area contributed by atoms with Crippen molar-refractivity contribution in [2.24, 2.45) is 5.92 Å². The first kappa shape index (κ1) is 19.6. The largest absolute Gasteiger partial charge is 0.396 e. The van der Waals surface area contributed by atoms with Gasteiger partial charge in [0.15, 0.2) is 0 Å². The minimum atomic E-state index is -0.590. The maximum Gasteiger partial charge on any atom is 0.245 e. The topological polar surface area (TPSA) is 69.6 Å². The monoisotopic (exact) mass is 370 g/mol. The summed E-state index contributed by atoms with van der Waals surface area (Å²) in [7, 11) is 0. The van der Waals surface area contributed by atoms with Gasteiger partial charge in [0, 0.05) is 25.7 Å². The summed E-state index contributed by atoms with van der Waals surface area (Å²) in [5.41, 5.74) is 0.435. The van der Waals surface area contributed by atoms with Crippen LogP contribution in [0.4, 0.5) is 0 Å². The molecule has 1 aliphatic heterocycles. The molecule has 2 fully saturated rings. The summed E-state index contributed by atoms with van der Waals surface area (Å²) < 4.78 is 0. The molecule has 1 saturated carbocycles. The highest BCUT2D eigenvalue weighted by Crippen LogP contribution is 2.37. The summed E-state index contributed by atoms with van der Waals surface area (Å²) in [5.74, 6) is 0.376. The molecule has 146 valence electrons. The van der Waals surface area contributed by atoms with Crippen molar-refractivity contribution in [1.82, 2.24) is 10.2 Å². The summed E-state index contributed by atoms with van der Waals surface area (Å²) in [6, 6.07) is 10.1. The number of aliphatic hydroxyl groups excluding tert-OH is 1. The second-order valence-corrected chi connectivity index (χ2v) is 7.85. The number of aliphatic hydroxyl groups is 1. The standard InChI is InChI=1S/C22H30N2O3/c1-2-20(26)24-14-12-22(13-15-24,18-6-4-3-5-7-18)21(27)23-19-10-8-17(16-25)9-11-19/h2-7,17,19,25H,1,8-16H2,(H,23,27). The Hall–Kier alpha value is -2.14. The highest BCUT2D eigenvalue weighted by Gasteiger charge is 2.44. The molecule has 1 aromatic rings. The molecule has 1 aliphatic carbocycles. The minimum absolute atomic E-state index is 0.0700. The van der Waals surface area contributed by atoms with E-state index in [-0.39, 0.29) is 24.5 Å². The number of hydrogen-bond donors (Lipinski definition) is 2. The minimum Gasteiger partial charge on any atom is -0.396 e. The van der Waals surface area contributed by atoms with Crippen LogP contribution in [-0.2, 0) is 15.0 Å². The van der Waals surface area contributed by atoms with Crippen LogP contribution < -0.4 is 5.32 Å². The molecule has 1 heterocycles. The molecule has 1 aromatic carbocycles. The summed E-state index contributed by atoms with van der Waals surface area (Å²) in [4.78, 5) is 27.1. The molecule has 0 atom stereocenters. The first-order valence-corrected chi connectivity index (χ1v) is 9.98. The van der Waals surface area contributed by atoms with Gasteiger partial charge in [-0.2, -0.15) is 0 Å². The molecule has 0 aromatic heterocycles. The predicted octanol–water partition coefficient (Wildman–Crippen LogP) is 2.40. The molecule has 1 saturated heterocycles. The molecule has 2 N–H and O–H groups in total. The van der Waals surface area contributed by atoms with Crippen molar-refractivity contribution in [2.75, 3.05) is 19.7 Å². The van der Waals surface area contributed by atoms with Crippen LogP contribution >= 0.6 is 0 Å². The fourth-order valence-corrected chi connectivity index (χ4v) is 4.45. The molecular formula is C22H30N2O3. The summed E-state index contributed by atoms with van der Waals surface area (Å²) in [5, 5.41) is 12.6. The van der Waals surface area contributed by atoms with Gasteiger partial charge < -0.3 is 15.3 Å². The van der Waals surface area contributed by atoms with Crippen LogP contribution in [0.15, 0.2) is 43.0 Å². The number of benzene rings is 1. The normalized spacial score (nSPS) is 24.9. The SMILES string of the molecule is C=CC(=O)N1CCC(C(=O)NC2CCC(CO)CC2)(c2ccccc2)CC1. The van der Waals surface area contributed by atoms with E-state index in [1.54, 1.807) is 4.90 Å². The van der Waals surface area contributed by atoms with Crippen molar-refractivity contribution < 1.29 is 14.7 Å². The Morgan fingerprint density at radius 1 is 1.15 bits per heavy atom. The first-order chi connectivity index (χ1) is 13.1. The number of nitrogens with one attached hydrogen (secondary N) is 1. The molecule has 0 unspecified atom stereocenters. The van der Waals surface area contributed by atoms with Crippen molar-refractivity contribution >= 4 is 11.8 Å². The zero-order valence-electron chi connectivity index (χ0n) is 15.9. The third kappa shape index (κ3) is 4.24. The lowest BCUT2D eigenvalue weighted by Gasteiger charge is -2.42. The van der Waals surface area contributed by atoms with E-state index in [1.165, 1.54) is 6.08 Å². The Bertz CT molecular complexity index is 657. The van der Waals surface area contributed by atoms with Crippen LogP contribution in [0.1, 0.15) is 44.1 Å². The first-order valence-electron chi connectivity index (χ1n) is 9.98. The van der Waals surface area contributed by atoms with E-state index >= 15 is 0 Å². The Morgan fingerprint density at radius 3 is 2.33 bits per heavy atom. The van der Waals surface area contributed by atoms with Gasteiger partial charge in [0.05, 0.1) is 5.41 Å². The fourth-order valence-electron chi connectivity index (χ4n) is 4.45. The van der Waals surface area contributed by atoms with Crippen LogP contribution in [-0.4, -0.2) is 47.6 Å². The zero-order valence-corrected chi connectivity index (χ0v) is 15.9. The fraction of sp³-hybridized carbons (Fsp3) is 0.545. The van der Waals surface area contributed by atoms with Gasteiger partial charge in [0.25, 0.3) is 0 Å². The van der Waals surface area contributed by atoms with Crippen molar-refractivity contribution in [3.05, 3.63) is 48.6 Å². The molecule has 2 amide bonds. The molecular weight excluding hydrogens is 340 g/mol. The summed E-state index contributed by atoms with van der Waals surface area (Å²) in [6.45, 7) is 4.93. The van der Waals surface area contributed by atoms with E-state index in [4.69, 9.17) is 0 Å². The number of piperidine rings is 1. The molecule has 27 heavy (non-hydrogen) atoms. The molecule has 2 aliphatic rings. The van der Waals surface area contributed by atoms with Crippen LogP contribution in [0.2, 0.25) is 0 Å². The number of hydrogen-bond acceptors (Lipinski definition) is 3. The second-order valence-electron chi connectivity index (χ2n) is 7.85. The lowest BCUT2D eigenvalue weighted by Crippen LogP contribution is -2.54. The van der Waals surface area contributed by atoms with E-state index in [2.05, 4.69) is 11.9 Å². The Morgan fingerprint density at radius 2 is 1.78 bits per heavy atom. The zero-order chi connectivity index (χ0) is 19.3. The Kier molecular flexibility index (Phi) is 6.32. The van der Waals surface area contributed by atoms with Gasteiger partial charge in [0.1, 0.15) is 0 Å². The van der Waals surface area contributed by atoms with Gasteiger partial charge in [0.2, 0.25) is 11.8 Å². The van der Waals surface area contributed by atoms with E-state index < -0.39 is 5.41 Å². The highest BCUT2D eigenvalue weighted by molar-refractivity contribution is 5.90. The van der Waals surface area contributed by atoms with E-state index in [0.717, 1.165) is 31.2 Å². The molecule has 0 spiro atoms. The van der Waals surface area contributed by atoms with E-state index in [9.17, 15) is 14.7 Å². The Balaban J connectivity index is 1.74. The van der Waals surface area contributed by atoms with Gasteiger partial charge in [-0.3, -0.25) is 9.59 Å². The number of amides is 2. The quantitative estimate of drug-likeness (QED) is 0.782. The average Bonchev–Trinajstić information content (AvgIpc) is 2.74. The maximum absolute atomic E-state index is 13.4. The number of nitrogens with zero attached hydrogens (tertiary/aromatic N) is 1. The third-order valence-electron chi connectivity index (χ3n) is 6.30. The van der Waals surface area contributed by atoms with Crippen molar-refractivity contribution in [1.29, 1.82) is 0 Å². The average molecular weight is 370 g/mol. The van der Waals surface area contributed by atoms with Gasteiger partial charge in [-0.05, 0) is 56.1 Å². The Labute approximate surface area is 161 Å².